The van der Waals surface area contributed by atoms with Crippen molar-refractivity contribution in [3.63, 3.8) is 0 Å². The summed E-state index contributed by atoms with van der Waals surface area (Å²) in [4.78, 5) is 9.00. The van der Waals surface area contributed by atoms with E-state index in [0.29, 0.717) is 12.5 Å². The molecule has 32 heavy (non-hydrogen) atoms. The zero-order valence-electron chi connectivity index (χ0n) is 18.4. The van der Waals surface area contributed by atoms with Crippen molar-refractivity contribution >= 4 is 10.9 Å². The van der Waals surface area contributed by atoms with Crippen molar-refractivity contribution in [3.05, 3.63) is 95.9 Å². The fraction of sp³-hybridized carbons (Fsp3) is 0.148. The van der Waals surface area contributed by atoms with E-state index in [1.807, 2.05) is 37.5 Å². The van der Waals surface area contributed by atoms with Crippen LogP contribution in [-0.2, 0) is 13.7 Å². The second-order valence-corrected chi connectivity index (χ2v) is 8.03. The number of aromatic nitrogens is 4. The van der Waals surface area contributed by atoms with Crippen LogP contribution >= 0.6 is 0 Å². The van der Waals surface area contributed by atoms with Crippen molar-refractivity contribution in [2.75, 3.05) is 0 Å². The van der Waals surface area contributed by atoms with Crippen LogP contribution in [0.3, 0.4) is 0 Å². The van der Waals surface area contributed by atoms with E-state index in [1.165, 1.54) is 11.1 Å². The minimum absolute atomic E-state index is 0.450. The van der Waals surface area contributed by atoms with E-state index in [-0.39, 0.29) is 0 Å². The Hall–Kier alpha value is -3.99. The van der Waals surface area contributed by atoms with E-state index in [2.05, 4.69) is 60.3 Å². The molecule has 0 N–H and O–H groups in total. The largest absolute Gasteiger partial charge is 0.471 e. The summed E-state index contributed by atoms with van der Waals surface area (Å²) in [6.07, 6.45) is 5.52. The van der Waals surface area contributed by atoms with Gasteiger partial charge in [-0.3, -0.25) is 9.67 Å². The molecule has 5 aromatic rings. The molecular weight excluding hydrogens is 396 g/mol. The first-order valence-electron chi connectivity index (χ1n) is 10.6. The van der Waals surface area contributed by atoms with Gasteiger partial charge in [-0.25, -0.2) is 4.98 Å². The predicted octanol–water partition coefficient (Wildman–Crippen LogP) is 5.89. The zero-order valence-corrected chi connectivity index (χ0v) is 18.4. The molecule has 0 bridgehead atoms. The number of ether oxygens (including phenoxy) is 1. The molecule has 5 rings (SSSR count). The first-order chi connectivity index (χ1) is 15.6. The summed E-state index contributed by atoms with van der Waals surface area (Å²) in [6.45, 7) is 4.68. The fourth-order valence-corrected chi connectivity index (χ4v) is 3.97. The van der Waals surface area contributed by atoms with E-state index in [9.17, 15) is 0 Å². The maximum absolute atomic E-state index is 6.14. The molecule has 0 atom stereocenters. The smallest absolute Gasteiger partial charge is 0.241 e. The van der Waals surface area contributed by atoms with Crippen LogP contribution in [0.1, 0.15) is 16.7 Å². The van der Waals surface area contributed by atoms with Crippen LogP contribution in [0.4, 0.5) is 0 Å². The van der Waals surface area contributed by atoms with Gasteiger partial charge in [-0.05, 0) is 66.4 Å². The number of pyridine rings is 2. The number of benzene rings is 2. The topological polar surface area (TPSA) is 52.8 Å². The second-order valence-electron chi connectivity index (χ2n) is 8.03. The minimum Gasteiger partial charge on any atom is -0.471 e. The molecule has 2 aromatic carbocycles. The summed E-state index contributed by atoms with van der Waals surface area (Å²) in [6, 6.07) is 20.8. The van der Waals surface area contributed by atoms with Gasteiger partial charge in [0, 0.05) is 36.6 Å². The normalized spacial score (nSPS) is 11.1. The summed E-state index contributed by atoms with van der Waals surface area (Å²) in [5.41, 5.74) is 8.60. The molecular formula is C27H24N4O. The molecule has 0 aliphatic heterocycles. The molecule has 3 aromatic heterocycles. The van der Waals surface area contributed by atoms with Gasteiger partial charge in [-0.1, -0.05) is 30.3 Å². The number of para-hydroxylation sites is 1. The number of hydrogen-bond acceptors (Lipinski definition) is 4. The summed E-state index contributed by atoms with van der Waals surface area (Å²) >= 11 is 0. The van der Waals surface area contributed by atoms with Crippen LogP contribution in [0, 0.1) is 13.8 Å². The standard InChI is InChI=1S/C27H24N4O/c1-18-14-22(26-19(2)15-21-6-4-5-7-25(21)29-26)8-9-23(18)17-32-27-24(16-31(3)30-27)20-10-12-28-13-11-20/h4-16H,17H2,1-3H3. The number of hydrogen-bond donors (Lipinski definition) is 0. The summed E-state index contributed by atoms with van der Waals surface area (Å²) in [5, 5.41) is 5.66. The summed E-state index contributed by atoms with van der Waals surface area (Å²) in [7, 11) is 1.90. The Morgan fingerprint density at radius 3 is 2.50 bits per heavy atom. The number of rotatable bonds is 5. The van der Waals surface area contributed by atoms with Crippen molar-refractivity contribution in [2.45, 2.75) is 20.5 Å². The third-order valence-corrected chi connectivity index (χ3v) is 5.68. The van der Waals surface area contributed by atoms with E-state index in [0.717, 1.165) is 38.9 Å². The molecule has 0 saturated carbocycles. The lowest BCUT2D eigenvalue weighted by atomic mass is 10.00. The lowest BCUT2D eigenvalue weighted by Crippen LogP contribution is -2.00. The van der Waals surface area contributed by atoms with E-state index in [4.69, 9.17) is 9.72 Å². The Balaban J connectivity index is 1.40. The van der Waals surface area contributed by atoms with Gasteiger partial charge in [0.2, 0.25) is 5.88 Å². The second kappa shape index (κ2) is 8.27. The first-order valence-corrected chi connectivity index (χ1v) is 10.6. The molecule has 0 amide bonds. The van der Waals surface area contributed by atoms with Gasteiger partial charge in [-0.2, -0.15) is 0 Å². The Kier molecular flexibility index (Phi) is 5.15. The molecule has 158 valence electrons. The van der Waals surface area contributed by atoms with Crippen LogP contribution in [0.15, 0.2) is 79.3 Å². The van der Waals surface area contributed by atoms with Crippen LogP contribution in [0.5, 0.6) is 5.88 Å². The molecule has 0 spiro atoms. The molecule has 0 radical (unpaired) electrons. The molecule has 0 unspecified atom stereocenters. The third kappa shape index (κ3) is 3.85. The number of aryl methyl sites for hydroxylation is 3. The van der Waals surface area contributed by atoms with Crippen molar-refractivity contribution in [1.82, 2.24) is 19.7 Å². The van der Waals surface area contributed by atoms with Crippen molar-refractivity contribution in [3.8, 4) is 28.3 Å². The molecule has 5 nitrogen and oxygen atoms in total. The Labute approximate surface area is 187 Å². The number of fused-ring (bicyclic) bond motifs is 1. The summed E-state index contributed by atoms with van der Waals surface area (Å²) < 4.78 is 7.91. The average Bonchev–Trinajstić information content (AvgIpc) is 3.19. The molecule has 0 fully saturated rings. The van der Waals surface area contributed by atoms with E-state index in [1.54, 1.807) is 17.1 Å². The van der Waals surface area contributed by atoms with Crippen molar-refractivity contribution in [2.24, 2.45) is 7.05 Å². The molecule has 0 saturated heterocycles. The highest BCUT2D eigenvalue weighted by Gasteiger charge is 2.13. The highest BCUT2D eigenvalue weighted by Crippen LogP contribution is 2.30. The van der Waals surface area contributed by atoms with Gasteiger partial charge in [-0.15, -0.1) is 5.10 Å². The van der Waals surface area contributed by atoms with E-state index >= 15 is 0 Å². The Bertz CT molecular complexity index is 1410. The van der Waals surface area contributed by atoms with Crippen LogP contribution < -0.4 is 4.74 Å². The molecule has 0 aliphatic carbocycles. The van der Waals surface area contributed by atoms with Crippen molar-refractivity contribution in [1.29, 1.82) is 0 Å². The predicted molar refractivity (Wildman–Crippen MR) is 127 cm³/mol. The molecule has 0 aliphatic rings. The van der Waals surface area contributed by atoms with Gasteiger partial charge in [0.05, 0.1) is 16.8 Å². The SMILES string of the molecule is Cc1cc(-c2nc3ccccc3cc2C)ccc1COc1nn(C)cc1-c1ccncc1. The van der Waals surface area contributed by atoms with Gasteiger partial charge in [0.1, 0.15) is 6.61 Å². The maximum atomic E-state index is 6.14. The molecule has 3 heterocycles. The minimum atomic E-state index is 0.450. The highest BCUT2D eigenvalue weighted by atomic mass is 16.5. The van der Waals surface area contributed by atoms with E-state index < -0.39 is 0 Å². The van der Waals surface area contributed by atoms with Gasteiger partial charge in [0.25, 0.3) is 0 Å². The average molecular weight is 421 g/mol. The van der Waals surface area contributed by atoms with Crippen LogP contribution in [0.2, 0.25) is 0 Å². The van der Waals surface area contributed by atoms with Crippen LogP contribution in [-0.4, -0.2) is 19.7 Å². The fourth-order valence-electron chi connectivity index (χ4n) is 3.97. The first kappa shape index (κ1) is 19.9. The Morgan fingerprint density at radius 1 is 0.875 bits per heavy atom. The molecule has 5 heteroatoms. The van der Waals surface area contributed by atoms with Crippen LogP contribution in [0.25, 0.3) is 33.3 Å². The lowest BCUT2D eigenvalue weighted by Gasteiger charge is -2.12. The van der Waals surface area contributed by atoms with Gasteiger partial charge < -0.3 is 4.74 Å². The monoisotopic (exact) mass is 420 g/mol. The highest BCUT2D eigenvalue weighted by molar-refractivity contribution is 5.83. The quantitative estimate of drug-likeness (QED) is 0.356. The lowest BCUT2D eigenvalue weighted by molar-refractivity contribution is 0.291. The van der Waals surface area contributed by atoms with Gasteiger partial charge >= 0.3 is 0 Å². The summed E-state index contributed by atoms with van der Waals surface area (Å²) in [5.74, 6) is 0.620. The maximum Gasteiger partial charge on any atom is 0.241 e. The Morgan fingerprint density at radius 2 is 1.69 bits per heavy atom. The van der Waals surface area contributed by atoms with Gasteiger partial charge in [0.15, 0.2) is 0 Å². The third-order valence-electron chi connectivity index (χ3n) is 5.68. The number of nitrogens with zero attached hydrogens (tertiary/aromatic N) is 4. The van der Waals surface area contributed by atoms with Crippen molar-refractivity contribution < 1.29 is 4.74 Å². The zero-order chi connectivity index (χ0) is 22.1.